The van der Waals surface area contributed by atoms with Crippen LogP contribution < -0.4 is 10.2 Å². The molecule has 0 spiro atoms. The van der Waals surface area contributed by atoms with Gasteiger partial charge < -0.3 is 15.1 Å². The third-order valence-electron chi connectivity index (χ3n) is 4.27. The van der Waals surface area contributed by atoms with Crippen LogP contribution in [0.4, 0.5) is 0 Å². The maximum absolute atomic E-state index is 5.58. The molecule has 0 amide bonds. The predicted molar refractivity (Wildman–Crippen MR) is 101 cm³/mol. The Bertz CT molecular complexity index is 634. The van der Waals surface area contributed by atoms with Crippen LogP contribution in [0, 0.1) is 0 Å². The van der Waals surface area contributed by atoms with Crippen molar-refractivity contribution >= 4 is 38.9 Å². The van der Waals surface area contributed by atoms with E-state index in [2.05, 4.69) is 48.6 Å². The molecule has 0 saturated carbocycles. The van der Waals surface area contributed by atoms with Crippen LogP contribution >= 0.6 is 23.6 Å². The Balaban J connectivity index is 1.62. The molecule has 0 unspecified atom stereocenters. The number of benzene rings is 1. The first-order valence-electron chi connectivity index (χ1n) is 8.31. The molecule has 2 heterocycles. The number of likely N-dealkylation sites (tertiary alicyclic amines) is 1. The Kier molecular flexibility index (Phi) is 5.46. The number of rotatable bonds is 4. The van der Waals surface area contributed by atoms with Gasteiger partial charge in [0.25, 0.3) is 0 Å². The van der Waals surface area contributed by atoms with Crippen molar-refractivity contribution in [2.24, 2.45) is 0 Å². The van der Waals surface area contributed by atoms with E-state index < -0.39 is 0 Å². The molecule has 0 radical (unpaired) electrons. The standard InChI is InChI=1S/C17H24N4S2/c1-20(2)11-9-18-17(22)21-10-5-6-13(12-21)16-19-14-7-3-4-8-15(14)23-16/h3-4,7-8,13H,5-6,9-12H2,1-2H3,(H,18,22)/p+1/t13-/m1/s1. The first-order valence-corrected chi connectivity index (χ1v) is 9.53. The Labute approximate surface area is 147 Å². The van der Waals surface area contributed by atoms with Gasteiger partial charge in [0.2, 0.25) is 0 Å². The second-order valence-corrected chi connectivity index (χ2v) is 7.94. The number of hydrogen-bond acceptors (Lipinski definition) is 3. The highest BCUT2D eigenvalue weighted by atomic mass is 32.1. The summed E-state index contributed by atoms with van der Waals surface area (Å²) in [6.07, 6.45) is 2.39. The van der Waals surface area contributed by atoms with Gasteiger partial charge in [-0.1, -0.05) is 12.1 Å². The summed E-state index contributed by atoms with van der Waals surface area (Å²) >= 11 is 7.42. The first kappa shape index (κ1) is 16.6. The molecule has 23 heavy (non-hydrogen) atoms. The lowest BCUT2D eigenvalue weighted by Crippen LogP contribution is -3.06. The summed E-state index contributed by atoms with van der Waals surface area (Å²) in [5, 5.41) is 5.56. The van der Waals surface area contributed by atoms with E-state index in [0.29, 0.717) is 5.92 Å². The van der Waals surface area contributed by atoms with Crippen molar-refractivity contribution in [1.82, 2.24) is 15.2 Å². The largest absolute Gasteiger partial charge is 0.357 e. The van der Waals surface area contributed by atoms with Crippen molar-refractivity contribution < 1.29 is 4.90 Å². The van der Waals surface area contributed by atoms with Crippen molar-refractivity contribution in [3.63, 3.8) is 0 Å². The smallest absolute Gasteiger partial charge is 0.169 e. The maximum atomic E-state index is 5.58. The zero-order valence-corrected chi connectivity index (χ0v) is 15.5. The second-order valence-electron chi connectivity index (χ2n) is 6.49. The van der Waals surface area contributed by atoms with Crippen molar-refractivity contribution in [1.29, 1.82) is 0 Å². The van der Waals surface area contributed by atoms with Gasteiger partial charge in [0.1, 0.15) is 0 Å². The van der Waals surface area contributed by atoms with E-state index >= 15 is 0 Å². The Hall–Kier alpha value is -1.24. The number of nitrogens with zero attached hydrogens (tertiary/aromatic N) is 2. The highest BCUT2D eigenvalue weighted by molar-refractivity contribution is 7.80. The van der Waals surface area contributed by atoms with E-state index in [1.54, 1.807) is 0 Å². The zero-order chi connectivity index (χ0) is 16.2. The number of aromatic nitrogens is 1. The summed E-state index contributed by atoms with van der Waals surface area (Å²) < 4.78 is 1.29. The van der Waals surface area contributed by atoms with Crippen LogP contribution in [-0.2, 0) is 0 Å². The summed E-state index contributed by atoms with van der Waals surface area (Å²) in [7, 11) is 4.32. The van der Waals surface area contributed by atoms with Gasteiger partial charge in [-0.05, 0) is 37.2 Å². The van der Waals surface area contributed by atoms with Gasteiger partial charge in [0.15, 0.2) is 5.11 Å². The molecule has 1 fully saturated rings. The minimum absolute atomic E-state index is 0.500. The molecule has 0 bridgehead atoms. The van der Waals surface area contributed by atoms with Crippen LogP contribution in [0.15, 0.2) is 24.3 Å². The van der Waals surface area contributed by atoms with Gasteiger partial charge in [0.05, 0.1) is 42.4 Å². The molecule has 1 atom stereocenters. The molecule has 2 aromatic rings. The zero-order valence-electron chi connectivity index (χ0n) is 13.8. The number of thiazole rings is 1. The number of likely N-dealkylation sites (N-methyl/N-ethyl adjacent to an activating group) is 1. The minimum atomic E-state index is 0.500. The fraction of sp³-hybridized carbons (Fsp3) is 0.529. The predicted octanol–water partition coefficient (Wildman–Crippen LogP) is 1.49. The van der Waals surface area contributed by atoms with E-state index in [9.17, 15) is 0 Å². The average Bonchev–Trinajstić information content (AvgIpc) is 2.98. The molecule has 4 nitrogen and oxygen atoms in total. The maximum Gasteiger partial charge on any atom is 0.169 e. The van der Waals surface area contributed by atoms with E-state index in [1.807, 2.05) is 11.3 Å². The van der Waals surface area contributed by atoms with Crippen molar-refractivity contribution in [2.45, 2.75) is 18.8 Å². The lowest BCUT2D eigenvalue weighted by atomic mass is 9.99. The van der Waals surface area contributed by atoms with Gasteiger partial charge >= 0.3 is 0 Å². The van der Waals surface area contributed by atoms with E-state index in [0.717, 1.165) is 36.8 Å². The summed E-state index contributed by atoms with van der Waals surface area (Å²) in [6.45, 7) is 4.06. The number of piperidine rings is 1. The fourth-order valence-electron chi connectivity index (χ4n) is 2.96. The summed E-state index contributed by atoms with van der Waals surface area (Å²) in [4.78, 5) is 8.60. The molecule has 1 saturated heterocycles. The molecule has 1 aliphatic heterocycles. The van der Waals surface area contributed by atoms with Crippen LogP contribution in [-0.4, -0.2) is 55.3 Å². The Morgan fingerprint density at radius 3 is 3.04 bits per heavy atom. The number of thiocarbonyl (C=S) groups is 1. The normalized spacial score (nSPS) is 18.6. The lowest BCUT2D eigenvalue weighted by Gasteiger charge is -2.33. The van der Waals surface area contributed by atoms with Crippen LogP contribution in [0.5, 0.6) is 0 Å². The topological polar surface area (TPSA) is 32.6 Å². The highest BCUT2D eigenvalue weighted by Gasteiger charge is 2.25. The molecular weight excluding hydrogens is 324 g/mol. The van der Waals surface area contributed by atoms with Gasteiger partial charge in [-0.25, -0.2) is 4.98 Å². The van der Waals surface area contributed by atoms with Gasteiger partial charge in [-0.3, -0.25) is 0 Å². The molecule has 124 valence electrons. The monoisotopic (exact) mass is 349 g/mol. The van der Waals surface area contributed by atoms with Crippen LogP contribution in [0.1, 0.15) is 23.8 Å². The van der Waals surface area contributed by atoms with Crippen LogP contribution in [0.3, 0.4) is 0 Å². The van der Waals surface area contributed by atoms with Gasteiger partial charge in [-0.2, -0.15) is 0 Å². The third kappa shape index (κ3) is 4.19. The van der Waals surface area contributed by atoms with E-state index in [1.165, 1.54) is 27.4 Å². The molecule has 0 aliphatic carbocycles. The number of para-hydroxylation sites is 1. The average molecular weight is 350 g/mol. The van der Waals surface area contributed by atoms with Gasteiger partial charge in [0, 0.05) is 19.0 Å². The number of hydrogen-bond donors (Lipinski definition) is 2. The van der Waals surface area contributed by atoms with E-state index in [-0.39, 0.29) is 0 Å². The summed E-state index contributed by atoms with van der Waals surface area (Å²) in [5.41, 5.74) is 1.12. The third-order valence-corrected chi connectivity index (χ3v) is 5.87. The molecule has 2 N–H and O–H groups in total. The first-order chi connectivity index (χ1) is 11.1. The fourth-order valence-corrected chi connectivity index (χ4v) is 4.32. The summed E-state index contributed by atoms with van der Waals surface area (Å²) in [6, 6.07) is 8.41. The highest BCUT2D eigenvalue weighted by Crippen LogP contribution is 2.32. The minimum Gasteiger partial charge on any atom is -0.357 e. The van der Waals surface area contributed by atoms with Crippen molar-refractivity contribution in [3.8, 4) is 0 Å². The lowest BCUT2D eigenvalue weighted by molar-refractivity contribution is -0.856. The van der Waals surface area contributed by atoms with Crippen LogP contribution in [0.2, 0.25) is 0 Å². The molecule has 1 aromatic carbocycles. The Morgan fingerprint density at radius 2 is 2.26 bits per heavy atom. The Morgan fingerprint density at radius 1 is 1.43 bits per heavy atom. The molecule has 6 heteroatoms. The van der Waals surface area contributed by atoms with E-state index in [4.69, 9.17) is 17.2 Å². The number of nitrogens with one attached hydrogen (secondary N) is 2. The van der Waals surface area contributed by atoms with Crippen LogP contribution in [0.25, 0.3) is 10.2 Å². The molecule has 1 aliphatic rings. The molecule has 1 aromatic heterocycles. The summed E-state index contributed by atoms with van der Waals surface area (Å²) in [5.74, 6) is 0.500. The molecular formula is C17H25N4S2+. The van der Waals surface area contributed by atoms with Crippen molar-refractivity contribution in [2.75, 3.05) is 40.3 Å². The SMILES string of the molecule is C[NH+](C)CCNC(=S)N1CCC[C@@H](c2nc3ccccc3s2)C1. The second kappa shape index (κ2) is 7.55. The number of quaternary nitrogens is 1. The van der Waals surface area contributed by atoms with Crippen molar-refractivity contribution in [3.05, 3.63) is 29.3 Å². The van der Waals surface area contributed by atoms with Gasteiger partial charge in [-0.15, -0.1) is 11.3 Å². The number of fused-ring (bicyclic) bond motifs is 1. The quantitative estimate of drug-likeness (QED) is 0.820. The molecule has 3 rings (SSSR count).